The summed E-state index contributed by atoms with van der Waals surface area (Å²) in [5.74, 6) is 0.0845. The van der Waals surface area contributed by atoms with Crippen molar-refractivity contribution in [3.05, 3.63) is 81.3 Å². The van der Waals surface area contributed by atoms with E-state index in [1.165, 1.54) is 11.3 Å². The van der Waals surface area contributed by atoms with Crippen LogP contribution in [0.2, 0.25) is 0 Å². The third kappa shape index (κ3) is 3.70. The average Bonchev–Trinajstić information content (AvgIpc) is 3.47. The molecule has 0 aliphatic carbocycles. The number of aryl methyl sites for hydroxylation is 1. The van der Waals surface area contributed by atoms with Crippen LogP contribution < -0.4 is 5.32 Å². The Bertz CT molecular complexity index is 1250. The van der Waals surface area contributed by atoms with Gasteiger partial charge in [-0.3, -0.25) is 19.6 Å². The van der Waals surface area contributed by atoms with E-state index in [9.17, 15) is 9.59 Å². The number of carbonyl (C=O) groups excluding carboxylic acids is 2. The molecule has 0 radical (unpaired) electrons. The molecular formula is C23H20N4O3S. The minimum absolute atomic E-state index is 0.123. The van der Waals surface area contributed by atoms with Crippen LogP contribution >= 0.6 is 11.3 Å². The van der Waals surface area contributed by atoms with Crippen molar-refractivity contribution in [1.82, 2.24) is 20.2 Å². The summed E-state index contributed by atoms with van der Waals surface area (Å²) >= 11 is 1.31. The lowest BCUT2D eigenvalue weighted by atomic mass is 9.94. The molecule has 2 amide bonds. The summed E-state index contributed by atoms with van der Waals surface area (Å²) in [6.07, 6.45) is 4.10. The molecule has 4 heterocycles. The largest absolute Gasteiger partial charge is 0.451 e. The number of para-hydroxylation sites is 1. The molecule has 8 heteroatoms. The molecule has 0 atom stereocenters. The maximum atomic E-state index is 13.0. The zero-order chi connectivity index (χ0) is 21.4. The van der Waals surface area contributed by atoms with Gasteiger partial charge in [0.25, 0.3) is 11.8 Å². The lowest BCUT2D eigenvalue weighted by molar-refractivity contribution is 0.0704. The number of thiazole rings is 1. The van der Waals surface area contributed by atoms with E-state index in [1.807, 2.05) is 37.4 Å². The molecule has 1 aromatic carbocycles. The van der Waals surface area contributed by atoms with Crippen LogP contribution in [0.15, 0.2) is 52.7 Å². The fourth-order valence-electron chi connectivity index (χ4n) is 3.96. The smallest absolute Gasteiger partial charge is 0.289 e. The Kier molecular flexibility index (Phi) is 4.99. The summed E-state index contributed by atoms with van der Waals surface area (Å²) in [5.41, 5.74) is 6.42. The molecule has 1 aliphatic heterocycles. The van der Waals surface area contributed by atoms with Crippen molar-refractivity contribution in [3.8, 4) is 0 Å². The highest BCUT2D eigenvalue weighted by Gasteiger charge is 2.26. The van der Waals surface area contributed by atoms with E-state index < -0.39 is 0 Å². The van der Waals surface area contributed by atoms with E-state index in [4.69, 9.17) is 4.42 Å². The normalized spacial score (nSPS) is 13.3. The Morgan fingerprint density at radius 1 is 1.26 bits per heavy atom. The lowest BCUT2D eigenvalue weighted by Gasteiger charge is -2.30. The third-order valence-corrected chi connectivity index (χ3v) is 6.37. The number of hydrogen-bond acceptors (Lipinski definition) is 6. The van der Waals surface area contributed by atoms with Gasteiger partial charge in [-0.2, -0.15) is 0 Å². The second kappa shape index (κ2) is 7.96. The quantitative estimate of drug-likeness (QED) is 0.531. The number of furan rings is 1. The number of pyridine rings is 1. The molecule has 0 bridgehead atoms. The standard InChI is InChI=1S/C23H20N4O3S/c1-14-18(10-26-22(28)21-11-24-13-31-21)17-6-7-27(12-16(17)9-25-14)23(29)20-8-15-4-2-3-5-19(15)30-20/h2-5,8-9,11,13H,6-7,10,12H2,1H3,(H,26,28). The van der Waals surface area contributed by atoms with Crippen LogP contribution in [0.1, 0.15) is 42.6 Å². The van der Waals surface area contributed by atoms with Crippen molar-refractivity contribution in [3.63, 3.8) is 0 Å². The second-order valence-corrected chi connectivity index (χ2v) is 8.39. The second-order valence-electron chi connectivity index (χ2n) is 7.50. The van der Waals surface area contributed by atoms with E-state index >= 15 is 0 Å². The number of amides is 2. The maximum Gasteiger partial charge on any atom is 0.289 e. The summed E-state index contributed by atoms with van der Waals surface area (Å²) in [6, 6.07) is 9.39. The van der Waals surface area contributed by atoms with Gasteiger partial charge in [-0.1, -0.05) is 18.2 Å². The topological polar surface area (TPSA) is 88.3 Å². The van der Waals surface area contributed by atoms with Crippen LogP contribution in [0.4, 0.5) is 0 Å². The van der Waals surface area contributed by atoms with Crippen LogP contribution in [-0.2, 0) is 19.5 Å². The molecule has 7 nitrogen and oxygen atoms in total. The van der Waals surface area contributed by atoms with Gasteiger partial charge >= 0.3 is 0 Å². The number of benzene rings is 1. The maximum absolute atomic E-state index is 13.0. The van der Waals surface area contributed by atoms with Crippen LogP contribution in [0.25, 0.3) is 11.0 Å². The molecule has 3 aromatic heterocycles. The Morgan fingerprint density at radius 3 is 2.94 bits per heavy atom. The van der Waals surface area contributed by atoms with Gasteiger partial charge in [0.05, 0.1) is 11.7 Å². The van der Waals surface area contributed by atoms with Gasteiger partial charge in [-0.15, -0.1) is 11.3 Å². The van der Waals surface area contributed by atoms with Crippen molar-refractivity contribution >= 4 is 34.1 Å². The van der Waals surface area contributed by atoms with Crippen LogP contribution in [-0.4, -0.2) is 33.2 Å². The number of fused-ring (bicyclic) bond motifs is 2. The van der Waals surface area contributed by atoms with Gasteiger partial charge < -0.3 is 14.6 Å². The van der Waals surface area contributed by atoms with E-state index in [1.54, 1.807) is 22.7 Å². The molecule has 0 fully saturated rings. The third-order valence-electron chi connectivity index (χ3n) is 5.60. The number of nitrogens with one attached hydrogen (secondary N) is 1. The zero-order valence-electron chi connectivity index (χ0n) is 16.9. The van der Waals surface area contributed by atoms with Crippen molar-refractivity contribution in [1.29, 1.82) is 0 Å². The number of hydrogen-bond donors (Lipinski definition) is 1. The highest BCUT2D eigenvalue weighted by Crippen LogP contribution is 2.27. The Labute approximate surface area is 182 Å². The minimum Gasteiger partial charge on any atom is -0.451 e. The summed E-state index contributed by atoms with van der Waals surface area (Å²) in [5, 5.41) is 3.88. The molecule has 1 aliphatic rings. The number of rotatable bonds is 4. The predicted octanol–water partition coefficient (Wildman–Crippen LogP) is 3.72. The first-order valence-corrected chi connectivity index (χ1v) is 10.9. The summed E-state index contributed by atoms with van der Waals surface area (Å²) in [4.78, 5) is 36.2. The van der Waals surface area contributed by atoms with Crippen molar-refractivity contribution in [2.75, 3.05) is 6.54 Å². The fourth-order valence-corrected chi connectivity index (χ4v) is 4.49. The predicted molar refractivity (Wildman–Crippen MR) is 117 cm³/mol. The summed E-state index contributed by atoms with van der Waals surface area (Å²) < 4.78 is 5.76. The Hall–Kier alpha value is -3.52. The number of carbonyl (C=O) groups is 2. The fraction of sp³-hybridized carbons (Fsp3) is 0.217. The van der Waals surface area contributed by atoms with Gasteiger partial charge in [-0.25, -0.2) is 0 Å². The lowest BCUT2D eigenvalue weighted by Crippen LogP contribution is -2.37. The van der Waals surface area contributed by atoms with Crippen molar-refractivity contribution in [2.24, 2.45) is 0 Å². The van der Waals surface area contributed by atoms with E-state index in [0.29, 0.717) is 42.3 Å². The minimum atomic E-state index is -0.142. The molecule has 0 unspecified atom stereocenters. The first-order valence-electron chi connectivity index (χ1n) is 10.0. The Balaban J connectivity index is 1.34. The highest BCUT2D eigenvalue weighted by molar-refractivity contribution is 7.11. The zero-order valence-corrected chi connectivity index (χ0v) is 17.7. The molecule has 0 spiro atoms. The molecule has 156 valence electrons. The van der Waals surface area contributed by atoms with E-state index in [0.717, 1.165) is 27.8 Å². The molecule has 0 saturated carbocycles. The van der Waals surface area contributed by atoms with Crippen molar-refractivity contribution < 1.29 is 14.0 Å². The molecule has 0 saturated heterocycles. The average molecular weight is 433 g/mol. The first-order chi connectivity index (χ1) is 15.1. The SMILES string of the molecule is Cc1ncc2c(c1CNC(=O)c1cncs1)CCN(C(=O)c1cc3ccccc3o1)C2. The Morgan fingerprint density at radius 2 is 2.13 bits per heavy atom. The first kappa shape index (κ1) is 19.4. The van der Waals surface area contributed by atoms with Crippen LogP contribution in [0.3, 0.4) is 0 Å². The van der Waals surface area contributed by atoms with Gasteiger partial charge in [0, 0.05) is 36.9 Å². The highest BCUT2D eigenvalue weighted by atomic mass is 32.1. The monoisotopic (exact) mass is 432 g/mol. The van der Waals surface area contributed by atoms with Crippen molar-refractivity contribution in [2.45, 2.75) is 26.4 Å². The van der Waals surface area contributed by atoms with Gasteiger partial charge in [0.15, 0.2) is 5.76 Å². The van der Waals surface area contributed by atoms with E-state index in [-0.39, 0.29) is 11.8 Å². The molecular weight excluding hydrogens is 412 g/mol. The van der Waals surface area contributed by atoms with Gasteiger partial charge in [-0.05, 0) is 42.2 Å². The van der Waals surface area contributed by atoms with Gasteiger partial charge in [0.1, 0.15) is 10.5 Å². The molecule has 4 aromatic rings. The van der Waals surface area contributed by atoms with E-state index in [2.05, 4.69) is 15.3 Å². The summed E-state index contributed by atoms with van der Waals surface area (Å²) in [6.45, 7) is 3.40. The molecule has 31 heavy (non-hydrogen) atoms. The van der Waals surface area contributed by atoms with Gasteiger partial charge in [0.2, 0.25) is 0 Å². The number of aromatic nitrogens is 2. The van der Waals surface area contributed by atoms with Crippen LogP contribution in [0.5, 0.6) is 0 Å². The molecule has 5 rings (SSSR count). The van der Waals surface area contributed by atoms with Crippen LogP contribution in [0, 0.1) is 6.92 Å². The number of nitrogens with zero attached hydrogens (tertiary/aromatic N) is 3. The summed E-state index contributed by atoms with van der Waals surface area (Å²) in [7, 11) is 0. The molecule has 1 N–H and O–H groups in total.